The van der Waals surface area contributed by atoms with Gasteiger partial charge in [0.15, 0.2) is 11.5 Å². The average molecular weight is 492 g/mol. The van der Waals surface area contributed by atoms with Gasteiger partial charge < -0.3 is 14.4 Å². The molecular formula is C26H26ClN5O3. The van der Waals surface area contributed by atoms with Crippen LogP contribution in [0.15, 0.2) is 46.9 Å². The topological polar surface area (TPSA) is 104 Å². The highest BCUT2D eigenvalue weighted by molar-refractivity contribution is 6.33. The molecule has 0 aliphatic carbocycles. The van der Waals surface area contributed by atoms with Gasteiger partial charge in [-0.25, -0.2) is 4.98 Å². The number of hydrogen-bond acceptors (Lipinski definition) is 8. The van der Waals surface area contributed by atoms with Crippen LogP contribution in [-0.2, 0) is 0 Å². The maximum atomic E-state index is 12.5. The van der Waals surface area contributed by atoms with Crippen LogP contribution in [0.4, 0.5) is 11.8 Å². The second kappa shape index (κ2) is 10.0. The number of aromatic nitrogens is 3. The molecule has 0 unspecified atom stereocenters. The predicted molar refractivity (Wildman–Crippen MR) is 135 cm³/mol. The van der Waals surface area contributed by atoms with Gasteiger partial charge in [0.25, 0.3) is 0 Å². The van der Waals surface area contributed by atoms with E-state index in [2.05, 4.69) is 25.4 Å². The van der Waals surface area contributed by atoms with Gasteiger partial charge in [-0.15, -0.1) is 10.2 Å². The third kappa shape index (κ3) is 5.28. The molecule has 0 radical (unpaired) electrons. The number of carbonyl (C=O) groups is 1. The molecule has 0 spiro atoms. The van der Waals surface area contributed by atoms with Crippen molar-refractivity contribution in [3.8, 4) is 16.9 Å². The molecule has 0 saturated carbocycles. The van der Waals surface area contributed by atoms with Crippen LogP contribution in [0, 0.1) is 6.92 Å². The molecule has 9 heteroatoms. The van der Waals surface area contributed by atoms with Crippen LogP contribution < -0.4 is 5.32 Å². The van der Waals surface area contributed by atoms with Crippen molar-refractivity contribution in [2.75, 3.05) is 25.0 Å². The minimum atomic E-state index is -0.0104. The fourth-order valence-electron chi connectivity index (χ4n) is 4.41. The lowest BCUT2D eigenvalue weighted by atomic mass is 10.0. The number of ketones is 1. The maximum Gasteiger partial charge on any atom is 0.250 e. The van der Waals surface area contributed by atoms with Crippen LogP contribution in [0.1, 0.15) is 41.8 Å². The first-order valence-corrected chi connectivity index (χ1v) is 12.1. The first-order chi connectivity index (χ1) is 17.0. The molecule has 0 atom stereocenters. The molecule has 1 aliphatic heterocycles. The second-order valence-corrected chi connectivity index (χ2v) is 9.23. The monoisotopic (exact) mass is 491 g/mol. The lowest BCUT2D eigenvalue weighted by molar-refractivity contribution is 0.0950. The summed E-state index contributed by atoms with van der Waals surface area (Å²) in [6, 6.07) is 11.9. The Kier molecular flexibility index (Phi) is 6.66. The Morgan fingerprint density at radius 3 is 2.80 bits per heavy atom. The van der Waals surface area contributed by atoms with Gasteiger partial charge in [-0.2, -0.15) is 0 Å². The van der Waals surface area contributed by atoms with E-state index in [1.807, 2.05) is 19.1 Å². The highest BCUT2D eigenvalue weighted by Gasteiger charge is 2.16. The first-order valence-electron chi connectivity index (χ1n) is 11.7. The largest absolute Gasteiger partial charge is 0.508 e. The number of Topliss-reactive ketones (excluding diaryl/α,β-unsaturated/α-hetero) is 1. The molecule has 1 aliphatic rings. The fourth-order valence-corrected chi connectivity index (χ4v) is 4.64. The van der Waals surface area contributed by atoms with E-state index < -0.39 is 0 Å². The molecule has 0 amide bonds. The third-order valence-electron chi connectivity index (χ3n) is 6.20. The van der Waals surface area contributed by atoms with Gasteiger partial charge in [-0.1, -0.05) is 11.6 Å². The number of phenols is 1. The van der Waals surface area contributed by atoms with Crippen molar-refractivity contribution in [3.05, 3.63) is 58.8 Å². The number of furan rings is 1. The Morgan fingerprint density at radius 2 is 1.97 bits per heavy atom. The van der Waals surface area contributed by atoms with Crippen molar-refractivity contribution in [3.63, 3.8) is 0 Å². The Morgan fingerprint density at radius 1 is 1.14 bits per heavy atom. The van der Waals surface area contributed by atoms with Crippen LogP contribution >= 0.6 is 11.6 Å². The summed E-state index contributed by atoms with van der Waals surface area (Å²) in [7, 11) is 0. The molecule has 0 bridgehead atoms. The normalized spacial score (nSPS) is 14.0. The second-order valence-electron chi connectivity index (χ2n) is 8.82. The molecule has 35 heavy (non-hydrogen) atoms. The van der Waals surface area contributed by atoms with E-state index in [0.29, 0.717) is 39.7 Å². The van der Waals surface area contributed by atoms with E-state index in [9.17, 15) is 9.90 Å². The summed E-state index contributed by atoms with van der Waals surface area (Å²) in [5.41, 5.74) is 3.66. The number of benzene rings is 2. The Bertz CT molecular complexity index is 1380. The highest BCUT2D eigenvalue weighted by Crippen LogP contribution is 2.33. The Hall–Kier alpha value is -3.49. The molecule has 180 valence electrons. The van der Waals surface area contributed by atoms with Crippen molar-refractivity contribution >= 4 is 40.3 Å². The van der Waals surface area contributed by atoms with Crippen molar-refractivity contribution in [2.24, 2.45) is 0 Å². The SMILES string of the molecule is Cc1cc(-c2cc(O)ccc2Cl)cc2nnc(Nc3ccc(C(=O)CCCN4CCCC4)o3)nc12. The molecule has 5 rings (SSSR count). The van der Waals surface area contributed by atoms with Gasteiger partial charge in [-0.3, -0.25) is 10.1 Å². The number of halogens is 1. The van der Waals surface area contributed by atoms with Crippen LogP contribution in [-0.4, -0.2) is 50.6 Å². The zero-order valence-corrected chi connectivity index (χ0v) is 20.2. The van der Waals surface area contributed by atoms with E-state index in [1.165, 1.54) is 12.8 Å². The molecule has 2 N–H and O–H groups in total. The standard InChI is InChI=1S/C26H26ClN5O3/c1-16-13-17(19-15-18(33)6-7-20(19)27)14-21-25(16)29-26(31-30-21)28-24-9-8-23(35-24)22(34)5-4-12-32-10-2-3-11-32/h6-9,13-15,33H,2-5,10-12H2,1H3,(H,28,29,31). The number of likely N-dealkylation sites (tertiary alicyclic amines) is 1. The molecule has 3 heterocycles. The number of nitrogens with zero attached hydrogens (tertiary/aromatic N) is 4. The third-order valence-corrected chi connectivity index (χ3v) is 6.53. The van der Waals surface area contributed by atoms with Crippen LogP contribution in [0.2, 0.25) is 5.02 Å². The number of carbonyl (C=O) groups excluding carboxylic acids is 1. The fraction of sp³-hybridized carbons (Fsp3) is 0.308. The summed E-state index contributed by atoms with van der Waals surface area (Å²) >= 11 is 6.32. The minimum Gasteiger partial charge on any atom is -0.508 e. The molecular weight excluding hydrogens is 466 g/mol. The summed E-state index contributed by atoms with van der Waals surface area (Å²) in [6.45, 7) is 5.14. The molecule has 4 aromatic rings. The summed E-state index contributed by atoms with van der Waals surface area (Å²) in [5, 5.41) is 21.8. The van der Waals surface area contributed by atoms with Crippen molar-refractivity contribution in [1.29, 1.82) is 0 Å². The summed E-state index contributed by atoms with van der Waals surface area (Å²) in [5.74, 6) is 1.10. The molecule has 8 nitrogen and oxygen atoms in total. The predicted octanol–water partition coefficient (Wildman–Crippen LogP) is 5.75. The van der Waals surface area contributed by atoms with Gasteiger partial charge in [0.2, 0.25) is 11.8 Å². The van der Waals surface area contributed by atoms with Gasteiger partial charge >= 0.3 is 0 Å². The summed E-state index contributed by atoms with van der Waals surface area (Å²) in [4.78, 5) is 19.5. The lowest BCUT2D eigenvalue weighted by Crippen LogP contribution is -2.20. The summed E-state index contributed by atoms with van der Waals surface area (Å²) in [6.07, 6.45) is 3.79. The average Bonchev–Trinajstić information content (AvgIpc) is 3.53. The highest BCUT2D eigenvalue weighted by atomic mass is 35.5. The maximum absolute atomic E-state index is 12.5. The number of rotatable bonds is 8. The number of aromatic hydroxyl groups is 1. The van der Waals surface area contributed by atoms with Crippen molar-refractivity contribution in [1.82, 2.24) is 20.1 Å². The Balaban J connectivity index is 1.28. The van der Waals surface area contributed by atoms with Crippen molar-refractivity contribution in [2.45, 2.75) is 32.6 Å². The zero-order chi connectivity index (χ0) is 24.4. The van der Waals surface area contributed by atoms with E-state index in [1.54, 1.807) is 30.3 Å². The van der Waals surface area contributed by atoms with Crippen LogP contribution in [0.3, 0.4) is 0 Å². The smallest absolute Gasteiger partial charge is 0.250 e. The van der Waals surface area contributed by atoms with Gasteiger partial charge in [-0.05, 0) is 93.3 Å². The van der Waals surface area contributed by atoms with E-state index in [-0.39, 0.29) is 17.5 Å². The van der Waals surface area contributed by atoms with E-state index in [4.69, 9.17) is 16.0 Å². The number of phenolic OH excluding ortho intramolecular Hbond substituents is 1. The Labute approximate surface area is 207 Å². The minimum absolute atomic E-state index is 0.0104. The van der Waals surface area contributed by atoms with Crippen molar-refractivity contribution < 1.29 is 14.3 Å². The van der Waals surface area contributed by atoms with E-state index in [0.717, 1.165) is 37.2 Å². The first kappa shape index (κ1) is 23.3. The van der Waals surface area contributed by atoms with E-state index >= 15 is 0 Å². The number of aryl methyl sites for hydroxylation is 1. The lowest BCUT2D eigenvalue weighted by Gasteiger charge is -2.13. The number of anilines is 2. The van der Waals surface area contributed by atoms with Gasteiger partial charge in [0.05, 0.1) is 5.52 Å². The van der Waals surface area contributed by atoms with Crippen LogP contribution in [0.25, 0.3) is 22.2 Å². The molecule has 2 aromatic carbocycles. The molecule has 1 fully saturated rings. The number of hydrogen-bond donors (Lipinski definition) is 2. The number of nitrogens with one attached hydrogen (secondary N) is 1. The summed E-state index contributed by atoms with van der Waals surface area (Å²) < 4.78 is 5.70. The number of fused-ring (bicyclic) bond motifs is 1. The molecule has 2 aromatic heterocycles. The zero-order valence-electron chi connectivity index (χ0n) is 19.4. The van der Waals surface area contributed by atoms with Gasteiger partial charge in [0.1, 0.15) is 11.3 Å². The quantitative estimate of drug-likeness (QED) is 0.300. The van der Waals surface area contributed by atoms with Crippen LogP contribution in [0.5, 0.6) is 5.75 Å². The molecule has 1 saturated heterocycles. The van der Waals surface area contributed by atoms with Gasteiger partial charge in [0, 0.05) is 23.1 Å².